The molecule has 2 aliphatic rings. The van der Waals surface area contributed by atoms with E-state index in [1.807, 2.05) is 39.0 Å². The molecule has 0 saturated heterocycles. The van der Waals surface area contributed by atoms with Crippen LogP contribution in [0.2, 0.25) is 0 Å². The van der Waals surface area contributed by atoms with Crippen molar-refractivity contribution in [1.82, 2.24) is 0 Å². The Hall–Kier alpha value is -1.69. The first-order valence-electron chi connectivity index (χ1n) is 7.90. The van der Waals surface area contributed by atoms with Gasteiger partial charge in [-0.15, -0.1) is 0 Å². The highest BCUT2D eigenvalue weighted by atomic mass is 32.2. The van der Waals surface area contributed by atoms with Crippen molar-refractivity contribution in [2.75, 3.05) is 11.5 Å². The Morgan fingerprint density at radius 3 is 2.91 bits per heavy atom. The van der Waals surface area contributed by atoms with Crippen LogP contribution in [0.1, 0.15) is 39.2 Å². The molecule has 1 aromatic rings. The zero-order chi connectivity index (χ0) is 16.7. The van der Waals surface area contributed by atoms with Crippen LogP contribution in [0.3, 0.4) is 0 Å². The standard InChI is InChI=1S/C17H24N4OS/c1-16(2,3)22-14(19)20-15-21-17(10-12(17)7-8-23-15)11-5-4-6-13(18)9-11/h4-6,9,12H,7-8,10,18H2,1-3H3,(H2,19,20,21)/t12?,17-/m1/s1. The van der Waals surface area contributed by atoms with E-state index >= 15 is 0 Å². The molecule has 1 aromatic carbocycles. The number of aliphatic imine (C=N–C) groups is 2. The molecule has 0 amide bonds. The smallest absolute Gasteiger partial charge is 0.289 e. The number of fused-ring (bicyclic) bond motifs is 1. The first-order chi connectivity index (χ1) is 10.8. The fourth-order valence-corrected chi connectivity index (χ4v) is 3.97. The summed E-state index contributed by atoms with van der Waals surface area (Å²) in [5.41, 5.74) is 13.3. The molecule has 1 saturated carbocycles. The molecule has 1 aliphatic carbocycles. The molecule has 0 bridgehead atoms. The maximum Gasteiger partial charge on any atom is 0.289 e. The predicted molar refractivity (Wildman–Crippen MR) is 97.6 cm³/mol. The summed E-state index contributed by atoms with van der Waals surface area (Å²) in [5, 5.41) is 0.703. The number of hydrogen-bond donors (Lipinski definition) is 2. The van der Waals surface area contributed by atoms with E-state index in [0.717, 1.165) is 24.3 Å². The van der Waals surface area contributed by atoms with Gasteiger partial charge in [0.05, 0.1) is 5.54 Å². The highest BCUT2D eigenvalue weighted by molar-refractivity contribution is 8.13. The number of amidine groups is 2. The molecule has 0 aromatic heterocycles. The van der Waals surface area contributed by atoms with Gasteiger partial charge in [-0.25, -0.2) is 4.99 Å². The summed E-state index contributed by atoms with van der Waals surface area (Å²) in [4.78, 5) is 9.34. The fraction of sp³-hybridized carbons (Fsp3) is 0.529. The fourth-order valence-electron chi connectivity index (χ4n) is 3.00. The number of nitrogens with zero attached hydrogens (tertiary/aromatic N) is 2. The molecule has 1 heterocycles. The summed E-state index contributed by atoms with van der Waals surface area (Å²) in [6.07, 6.45) is 2.18. The molecule has 3 rings (SSSR count). The van der Waals surface area contributed by atoms with Crippen LogP contribution < -0.4 is 11.5 Å². The summed E-state index contributed by atoms with van der Waals surface area (Å²) < 4.78 is 5.60. The van der Waals surface area contributed by atoms with Gasteiger partial charge in [0.25, 0.3) is 6.02 Å². The second-order valence-electron chi connectivity index (χ2n) is 7.15. The van der Waals surface area contributed by atoms with Gasteiger partial charge in [0.1, 0.15) is 5.60 Å². The Labute approximate surface area is 141 Å². The summed E-state index contributed by atoms with van der Waals surface area (Å²) >= 11 is 1.64. The van der Waals surface area contributed by atoms with E-state index in [-0.39, 0.29) is 17.2 Å². The highest BCUT2D eigenvalue weighted by Gasteiger charge is 2.56. The molecule has 0 radical (unpaired) electrons. The van der Waals surface area contributed by atoms with Crippen molar-refractivity contribution >= 4 is 28.6 Å². The average molecular weight is 332 g/mol. The Morgan fingerprint density at radius 1 is 1.43 bits per heavy atom. The molecule has 124 valence electrons. The van der Waals surface area contributed by atoms with Crippen LogP contribution in [0.15, 0.2) is 34.3 Å². The Morgan fingerprint density at radius 2 is 2.22 bits per heavy atom. The van der Waals surface area contributed by atoms with Crippen LogP contribution in [0.25, 0.3) is 0 Å². The maximum atomic E-state index is 5.95. The minimum absolute atomic E-state index is 0.172. The van der Waals surface area contributed by atoms with Crippen LogP contribution in [0.4, 0.5) is 5.69 Å². The lowest BCUT2D eigenvalue weighted by Crippen LogP contribution is -2.29. The van der Waals surface area contributed by atoms with Crippen molar-refractivity contribution in [2.45, 2.75) is 44.8 Å². The number of hydrogen-bond acceptors (Lipinski definition) is 5. The lowest BCUT2D eigenvalue weighted by Gasteiger charge is -2.20. The van der Waals surface area contributed by atoms with E-state index in [9.17, 15) is 0 Å². The Balaban J connectivity index is 1.89. The van der Waals surface area contributed by atoms with Gasteiger partial charge in [0.2, 0.25) is 0 Å². The first-order valence-corrected chi connectivity index (χ1v) is 8.89. The largest absolute Gasteiger partial charge is 0.459 e. The van der Waals surface area contributed by atoms with Crippen molar-refractivity contribution < 1.29 is 4.74 Å². The van der Waals surface area contributed by atoms with Gasteiger partial charge in [0.15, 0.2) is 5.17 Å². The van der Waals surface area contributed by atoms with Gasteiger partial charge in [-0.05, 0) is 57.2 Å². The number of ether oxygens (including phenoxy) is 1. The quantitative estimate of drug-likeness (QED) is 0.470. The number of benzene rings is 1. The van der Waals surface area contributed by atoms with Gasteiger partial charge in [-0.3, -0.25) is 0 Å². The van der Waals surface area contributed by atoms with Crippen LogP contribution >= 0.6 is 11.8 Å². The van der Waals surface area contributed by atoms with Crippen molar-refractivity contribution in [3.63, 3.8) is 0 Å². The molecule has 4 N–H and O–H groups in total. The topological polar surface area (TPSA) is 86.0 Å². The van der Waals surface area contributed by atoms with Crippen LogP contribution in [0, 0.1) is 5.92 Å². The molecule has 0 spiro atoms. The van der Waals surface area contributed by atoms with Crippen molar-refractivity contribution in [3.05, 3.63) is 29.8 Å². The van der Waals surface area contributed by atoms with Crippen molar-refractivity contribution in [3.8, 4) is 0 Å². The third-order valence-electron chi connectivity index (χ3n) is 4.07. The monoisotopic (exact) mass is 332 g/mol. The number of nitrogen functional groups attached to an aromatic ring is 1. The van der Waals surface area contributed by atoms with E-state index in [1.54, 1.807) is 11.8 Å². The minimum Gasteiger partial charge on any atom is -0.459 e. The predicted octanol–water partition coefficient (Wildman–Crippen LogP) is 3.11. The zero-order valence-corrected chi connectivity index (χ0v) is 14.7. The molecule has 1 unspecified atom stereocenters. The second kappa shape index (κ2) is 5.74. The minimum atomic E-state index is -0.364. The Bertz CT molecular complexity index is 665. The van der Waals surface area contributed by atoms with Crippen LogP contribution in [-0.4, -0.2) is 22.5 Å². The van der Waals surface area contributed by atoms with Gasteiger partial charge < -0.3 is 16.2 Å². The van der Waals surface area contributed by atoms with E-state index in [4.69, 9.17) is 21.2 Å². The average Bonchev–Trinajstić information content (AvgIpc) is 3.11. The number of rotatable bonds is 1. The van der Waals surface area contributed by atoms with Gasteiger partial charge in [-0.2, -0.15) is 4.99 Å². The van der Waals surface area contributed by atoms with Gasteiger partial charge >= 0.3 is 0 Å². The summed E-state index contributed by atoms with van der Waals surface area (Å²) in [5.74, 6) is 1.56. The zero-order valence-electron chi connectivity index (χ0n) is 13.9. The van der Waals surface area contributed by atoms with E-state index in [0.29, 0.717) is 11.1 Å². The molecule has 1 aliphatic heterocycles. The first kappa shape index (κ1) is 16.2. The summed E-state index contributed by atoms with van der Waals surface area (Å²) in [6, 6.07) is 8.19. The van der Waals surface area contributed by atoms with E-state index in [2.05, 4.69) is 11.1 Å². The SMILES string of the molecule is CC(C)(C)O/C(N)=N\C1=N[C@@]2(c3cccc(N)c3)CC2CCS1. The number of nitrogens with two attached hydrogens (primary N) is 2. The third-order valence-corrected chi connectivity index (χ3v) is 4.95. The van der Waals surface area contributed by atoms with E-state index in [1.165, 1.54) is 5.56 Å². The van der Waals surface area contributed by atoms with Gasteiger partial charge in [0, 0.05) is 11.4 Å². The number of thioether (sulfide) groups is 1. The normalized spacial score (nSPS) is 27.7. The summed E-state index contributed by atoms with van der Waals surface area (Å²) in [7, 11) is 0. The van der Waals surface area contributed by atoms with Crippen molar-refractivity contribution in [1.29, 1.82) is 0 Å². The van der Waals surface area contributed by atoms with Gasteiger partial charge in [-0.1, -0.05) is 23.9 Å². The summed E-state index contributed by atoms with van der Waals surface area (Å²) in [6.45, 7) is 5.84. The molecular weight excluding hydrogens is 308 g/mol. The maximum absolute atomic E-state index is 5.95. The molecule has 5 nitrogen and oxygen atoms in total. The molecular formula is C17H24N4OS. The molecule has 6 heteroatoms. The van der Waals surface area contributed by atoms with Crippen LogP contribution in [-0.2, 0) is 10.3 Å². The number of anilines is 1. The Kier molecular flexibility index (Phi) is 4.04. The molecule has 2 atom stereocenters. The van der Waals surface area contributed by atoms with E-state index < -0.39 is 0 Å². The molecule has 1 fully saturated rings. The third kappa shape index (κ3) is 3.63. The molecule has 23 heavy (non-hydrogen) atoms. The highest BCUT2D eigenvalue weighted by Crippen LogP contribution is 2.59. The lowest BCUT2D eigenvalue weighted by atomic mass is 10.0. The second-order valence-corrected chi connectivity index (χ2v) is 8.21. The lowest BCUT2D eigenvalue weighted by molar-refractivity contribution is 0.114. The van der Waals surface area contributed by atoms with Crippen LogP contribution in [0.5, 0.6) is 0 Å². The van der Waals surface area contributed by atoms with Crippen molar-refractivity contribution in [2.24, 2.45) is 21.6 Å².